The molecule has 12 heteroatoms. The fourth-order valence-electron chi connectivity index (χ4n) is 2.41. The van der Waals surface area contributed by atoms with E-state index in [4.69, 9.17) is 5.73 Å². The number of nitro groups is 3. The number of benzene rings is 2. The zero-order chi connectivity index (χ0) is 16.9. The first-order valence-electron chi connectivity index (χ1n) is 5.99. The van der Waals surface area contributed by atoms with Crippen molar-refractivity contribution in [2.75, 3.05) is 5.32 Å². The summed E-state index contributed by atoms with van der Waals surface area (Å²) in [6.07, 6.45) is 0. The Morgan fingerprint density at radius 1 is 0.957 bits per heavy atom. The first-order valence-corrected chi connectivity index (χ1v) is 5.99. The molecule has 0 saturated heterocycles. The van der Waals surface area contributed by atoms with Gasteiger partial charge in [0.1, 0.15) is 5.69 Å². The van der Waals surface area contributed by atoms with Gasteiger partial charge in [-0.2, -0.15) is 0 Å². The van der Waals surface area contributed by atoms with E-state index in [1.807, 2.05) is 0 Å². The second-order valence-electron chi connectivity index (χ2n) is 4.54. The van der Waals surface area contributed by atoms with Gasteiger partial charge >= 0.3 is 5.69 Å². The maximum atomic E-state index is 11.2. The van der Waals surface area contributed by atoms with E-state index in [1.165, 1.54) is 0 Å². The Hall–Kier alpha value is -3.83. The average molecular weight is 318 g/mol. The van der Waals surface area contributed by atoms with Crippen molar-refractivity contribution in [2.45, 2.75) is 0 Å². The monoisotopic (exact) mass is 318 g/mol. The Morgan fingerprint density at radius 3 is 2.13 bits per heavy atom. The van der Waals surface area contributed by atoms with E-state index in [9.17, 15) is 30.3 Å². The molecule has 1 aliphatic rings. The number of guanidine groups is 1. The SMILES string of the molecule is NC1=Nc2c([N+](=O)[O-])cc([N+](=O)[O-])c3ccc([N+](=O)[O-])c(c23)N1. The summed E-state index contributed by atoms with van der Waals surface area (Å²) in [6, 6.07) is 2.97. The van der Waals surface area contributed by atoms with Gasteiger partial charge in [-0.1, -0.05) is 0 Å². The van der Waals surface area contributed by atoms with Crippen LogP contribution in [0.5, 0.6) is 0 Å². The summed E-state index contributed by atoms with van der Waals surface area (Å²) in [4.78, 5) is 34.9. The van der Waals surface area contributed by atoms with Crippen molar-refractivity contribution >= 4 is 45.2 Å². The maximum absolute atomic E-state index is 11.2. The number of non-ortho nitro benzene ring substituents is 1. The van der Waals surface area contributed by atoms with Gasteiger partial charge in [-0.05, 0) is 6.07 Å². The van der Waals surface area contributed by atoms with Crippen LogP contribution in [-0.2, 0) is 0 Å². The third-order valence-corrected chi connectivity index (χ3v) is 3.29. The van der Waals surface area contributed by atoms with Crippen molar-refractivity contribution < 1.29 is 14.8 Å². The highest BCUT2D eigenvalue weighted by molar-refractivity contribution is 6.19. The van der Waals surface area contributed by atoms with Crippen LogP contribution in [0.4, 0.5) is 28.4 Å². The largest absolute Gasteiger partial charge is 0.369 e. The molecule has 23 heavy (non-hydrogen) atoms. The zero-order valence-electron chi connectivity index (χ0n) is 11.0. The Balaban J connectivity index is 2.58. The van der Waals surface area contributed by atoms with Gasteiger partial charge in [-0.3, -0.25) is 30.3 Å². The average Bonchev–Trinajstić information content (AvgIpc) is 2.46. The second kappa shape index (κ2) is 4.59. The lowest BCUT2D eigenvalue weighted by Crippen LogP contribution is -2.25. The first kappa shape index (κ1) is 14.1. The molecule has 0 radical (unpaired) electrons. The molecule has 0 bridgehead atoms. The van der Waals surface area contributed by atoms with Crippen LogP contribution in [-0.4, -0.2) is 20.7 Å². The third kappa shape index (κ3) is 1.97. The zero-order valence-corrected chi connectivity index (χ0v) is 11.0. The van der Waals surface area contributed by atoms with Crippen LogP contribution in [0.25, 0.3) is 10.8 Å². The minimum atomic E-state index is -0.855. The Bertz CT molecular complexity index is 952. The standard InChI is InChI=1S/C11H6N6O6/c12-11-13-9-5(15(18)19)2-1-4-6(16(20)21)3-7(17(22)23)10(14-11)8(4)9/h1-3H,(H3,12,13,14). The molecule has 12 nitrogen and oxygen atoms in total. The molecule has 0 unspecified atom stereocenters. The van der Waals surface area contributed by atoms with Crippen LogP contribution in [0.2, 0.25) is 0 Å². The van der Waals surface area contributed by atoms with Crippen molar-refractivity contribution in [3.05, 3.63) is 48.5 Å². The first-order chi connectivity index (χ1) is 10.8. The van der Waals surface area contributed by atoms with Gasteiger partial charge in [0.2, 0.25) is 0 Å². The van der Waals surface area contributed by atoms with E-state index in [0.29, 0.717) is 0 Å². The Kier molecular flexibility index (Phi) is 2.82. The van der Waals surface area contributed by atoms with Gasteiger partial charge in [0, 0.05) is 6.07 Å². The lowest BCUT2D eigenvalue weighted by Gasteiger charge is -2.16. The smallest absolute Gasteiger partial charge is 0.302 e. The molecule has 3 rings (SSSR count). The van der Waals surface area contributed by atoms with Gasteiger partial charge in [0.05, 0.1) is 31.6 Å². The number of nitrogens with zero attached hydrogens (tertiary/aromatic N) is 4. The van der Waals surface area contributed by atoms with Crippen molar-refractivity contribution in [3.8, 4) is 0 Å². The minimum Gasteiger partial charge on any atom is -0.369 e. The highest BCUT2D eigenvalue weighted by Gasteiger charge is 2.33. The number of hydrogen-bond donors (Lipinski definition) is 2. The van der Waals surface area contributed by atoms with Crippen molar-refractivity contribution in [3.63, 3.8) is 0 Å². The van der Waals surface area contributed by atoms with E-state index in [0.717, 1.165) is 18.2 Å². The molecule has 3 N–H and O–H groups in total. The van der Waals surface area contributed by atoms with E-state index < -0.39 is 31.8 Å². The predicted molar refractivity (Wildman–Crippen MR) is 78.8 cm³/mol. The van der Waals surface area contributed by atoms with Crippen LogP contribution in [0, 0.1) is 30.3 Å². The topological polar surface area (TPSA) is 180 Å². The van der Waals surface area contributed by atoms with Gasteiger partial charge in [0.25, 0.3) is 11.4 Å². The maximum Gasteiger partial charge on any atom is 0.302 e. The fourth-order valence-corrected chi connectivity index (χ4v) is 2.41. The van der Waals surface area contributed by atoms with Crippen LogP contribution in [0.3, 0.4) is 0 Å². The highest BCUT2D eigenvalue weighted by Crippen LogP contribution is 2.48. The number of rotatable bonds is 3. The van der Waals surface area contributed by atoms with Crippen LogP contribution in [0.15, 0.2) is 23.2 Å². The molecule has 0 aliphatic carbocycles. The quantitative estimate of drug-likeness (QED) is 0.635. The van der Waals surface area contributed by atoms with Crippen LogP contribution < -0.4 is 11.1 Å². The van der Waals surface area contributed by atoms with Crippen LogP contribution >= 0.6 is 0 Å². The van der Waals surface area contributed by atoms with E-state index in [-0.39, 0.29) is 28.1 Å². The lowest BCUT2D eigenvalue weighted by atomic mass is 10.0. The predicted octanol–water partition coefficient (Wildman–Crippen LogP) is 1.94. The minimum absolute atomic E-state index is 0.0139. The van der Waals surface area contributed by atoms with Gasteiger partial charge in [-0.15, -0.1) is 0 Å². The molecule has 2 aromatic carbocycles. The summed E-state index contributed by atoms with van der Waals surface area (Å²) >= 11 is 0. The van der Waals surface area contributed by atoms with Crippen molar-refractivity contribution in [1.29, 1.82) is 0 Å². The second-order valence-corrected chi connectivity index (χ2v) is 4.54. The molecule has 0 saturated carbocycles. The number of nitro benzene ring substituents is 3. The molecule has 0 amide bonds. The summed E-state index contributed by atoms with van der Waals surface area (Å²) in [6.45, 7) is 0. The summed E-state index contributed by atoms with van der Waals surface area (Å²) in [5.74, 6) is -0.287. The van der Waals surface area contributed by atoms with E-state index >= 15 is 0 Å². The van der Waals surface area contributed by atoms with Gasteiger partial charge < -0.3 is 11.1 Å². The molecular weight excluding hydrogens is 312 g/mol. The number of nitrogens with two attached hydrogens (primary N) is 1. The Labute approximate surface area is 125 Å². The Morgan fingerprint density at radius 2 is 1.57 bits per heavy atom. The number of hydrogen-bond acceptors (Lipinski definition) is 9. The molecule has 116 valence electrons. The number of anilines is 1. The third-order valence-electron chi connectivity index (χ3n) is 3.29. The summed E-state index contributed by atoms with van der Waals surface area (Å²) in [5, 5.41) is 35.8. The summed E-state index contributed by atoms with van der Waals surface area (Å²) in [7, 11) is 0. The molecule has 0 fully saturated rings. The lowest BCUT2D eigenvalue weighted by molar-refractivity contribution is -0.392. The number of nitrogens with one attached hydrogen (secondary N) is 1. The van der Waals surface area contributed by atoms with E-state index in [2.05, 4.69) is 10.3 Å². The normalized spacial score (nSPS) is 12.4. The van der Waals surface area contributed by atoms with Gasteiger partial charge in [0.15, 0.2) is 11.6 Å². The molecule has 0 spiro atoms. The van der Waals surface area contributed by atoms with Crippen molar-refractivity contribution in [1.82, 2.24) is 0 Å². The molecule has 0 atom stereocenters. The fraction of sp³-hybridized carbons (Fsp3) is 0. The highest BCUT2D eigenvalue weighted by atomic mass is 16.6. The molecule has 1 aliphatic heterocycles. The molecule has 1 heterocycles. The van der Waals surface area contributed by atoms with E-state index in [1.54, 1.807) is 0 Å². The molecule has 0 aromatic heterocycles. The van der Waals surface area contributed by atoms with Gasteiger partial charge in [-0.25, -0.2) is 4.99 Å². The summed E-state index contributed by atoms with van der Waals surface area (Å²) in [5.41, 5.74) is 3.46. The number of aliphatic imine (C=N–C) groups is 1. The molecular formula is C11H6N6O6. The summed E-state index contributed by atoms with van der Waals surface area (Å²) < 4.78 is 0. The van der Waals surface area contributed by atoms with Crippen molar-refractivity contribution in [2.24, 2.45) is 10.7 Å². The molecule has 2 aromatic rings. The van der Waals surface area contributed by atoms with Crippen LogP contribution in [0.1, 0.15) is 0 Å².